The first-order chi connectivity index (χ1) is 16.1. The second kappa shape index (κ2) is 19.3. The fourth-order valence-corrected chi connectivity index (χ4v) is 4.75. The Morgan fingerprint density at radius 3 is 1.91 bits per heavy atom. The standard InChI is InChI=1S/C26H52NO6P/c1-7-8-9-10-11-12-13-14-15-16-17-18-19-20-24(28)23(21-22-34(30,31-5)32-6)27-25(29)33-26(2,3)4/h19-20,23-24,28H,7-18,21-22H2,1-6H3,(H,27,29)/b20-19+/t23-,24+/m0/s1. The summed E-state index contributed by atoms with van der Waals surface area (Å²) < 4.78 is 27.6. The summed E-state index contributed by atoms with van der Waals surface area (Å²) in [6, 6.07) is -0.665. The Morgan fingerprint density at radius 1 is 0.941 bits per heavy atom. The smallest absolute Gasteiger partial charge is 0.407 e. The summed E-state index contributed by atoms with van der Waals surface area (Å²) in [4.78, 5) is 12.2. The van der Waals surface area contributed by atoms with E-state index < -0.39 is 31.4 Å². The van der Waals surface area contributed by atoms with E-state index in [0.717, 1.165) is 12.8 Å². The zero-order valence-corrected chi connectivity index (χ0v) is 23.5. The van der Waals surface area contributed by atoms with Crippen molar-refractivity contribution in [3.05, 3.63) is 12.2 Å². The van der Waals surface area contributed by atoms with Crippen molar-refractivity contribution in [3.8, 4) is 0 Å². The minimum atomic E-state index is -3.25. The largest absolute Gasteiger partial charge is 0.444 e. The van der Waals surface area contributed by atoms with Crippen LogP contribution in [0.25, 0.3) is 0 Å². The van der Waals surface area contributed by atoms with Gasteiger partial charge in [0.1, 0.15) is 5.60 Å². The molecule has 0 aromatic rings. The zero-order chi connectivity index (χ0) is 25.9. The lowest BCUT2D eigenvalue weighted by Gasteiger charge is -2.26. The molecule has 202 valence electrons. The average Bonchev–Trinajstić information content (AvgIpc) is 2.78. The molecule has 1 amide bonds. The summed E-state index contributed by atoms with van der Waals surface area (Å²) >= 11 is 0. The van der Waals surface area contributed by atoms with Gasteiger partial charge < -0.3 is 24.2 Å². The molecule has 0 saturated carbocycles. The first-order valence-corrected chi connectivity index (χ1v) is 14.8. The van der Waals surface area contributed by atoms with Crippen LogP contribution in [0.15, 0.2) is 12.2 Å². The Hall–Kier alpha value is -0.880. The molecule has 34 heavy (non-hydrogen) atoms. The number of unbranched alkanes of at least 4 members (excludes halogenated alkanes) is 11. The topological polar surface area (TPSA) is 94.1 Å². The number of carbonyl (C=O) groups excluding carboxylic acids is 1. The van der Waals surface area contributed by atoms with Gasteiger partial charge in [-0.15, -0.1) is 0 Å². The van der Waals surface area contributed by atoms with E-state index in [2.05, 4.69) is 12.2 Å². The number of hydrogen-bond donors (Lipinski definition) is 2. The van der Waals surface area contributed by atoms with Crippen LogP contribution in [0.2, 0.25) is 0 Å². The quantitative estimate of drug-likeness (QED) is 0.102. The van der Waals surface area contributed by atoms with Gasteiger partial charge in [0.15, 0.2) is 0 Å². The molecule has 2 atom stereocenters. The number of ether oxygens (including phenoxy) is 1. The first kappa shape index (κ1) is 33.1. The fraction of sp³-hybridized carbons (Fsp3) is 0.885. The fourth-order valence-electron chi connectivity index (χ4n) is 3.64. The van der Waals surface area contributed by atoms with Crippen molar-refractivity contribution in [2.75, 3.05) is 20.4 Å². The highest BCUT2D eigenvalue weighted by Gasteiger charge is 2.28. The van der Waals surface area contributed by atoms with Crippen LogP contribution in [0, 0.1) is 0 Å². The third-order valence-electron chi connectivity index (χ3n) is 5.69. The molecule has 0 saturated heterocycles. The highest BCUT2D eigenvalue weighted by Crippen LogP contribution is 2.47. The monoisotopic (exact) mass is 505 g/mol. The SMILES string of the molecule is CCCCCCCCCCCCC/C=C/[C@@H](O)[C@H](CCP(=O)(OC)OC)NC(=O)OC(C)(C)C. The lowest BCUT2D eigenvalue weighted by Crippen LogP contribution is -2.45. The van der Waals surface area contributed by atoms with Crippen LogP contribution in [0.5, 0.6) is 0 Å². The van der Waals surface area contributed by atoms with E-state index in [1.54, 1.807) is 26.8 Å². The lowest BCUT2D eigenvalue weighted by molar-refractivity contribution is 0.0451. The minimum absolute atomic E-state index is 0.0734. The number of carbonyl (C=O) groups is 1. The first-order valence-electron chi connectivity index (χ1n) is 13.1. The van der Waals surface area contributed by atoms with E-state index in [0.29, 0.717) is 0 Å². The van der Waals surface area contributed by atoms with Crippen LogP contribution in [0.1, 0.15) is 111 Å². The molecule has 0 radical (unpaired) electrons. The molecule has 7 nitrogen and oxygen atoms in total. The number of alkyl carbamates (subject to hydrolysis) is 1. The molecule has 0 aliphatic carbocycles. The number of hydrogen-bond acceptors (Lipinski definition) is 6. The predicted octanol–water partition coefficient (Wildman–Crippen LogP) is 7.37. The number of rotatable bonds is 20. The van der Waals surface area contributed by atoms with Gasteiger partial charge in [0.05, 0.1) is 18.3 Å². The zero-order valence-electron chi connectivity index (χ0n) is 22.6. The summed E-state index contributed by atoms with van der Waals surface area (Å²) in [5.74, 6) is 0. The van der Waals surface area contributed by atoms with Gasteiger partial charge in [-0.2, -0.15) is 0 Å². The van der Waals surface area contributed by atoms with Gasteiger partial charge in [0.2, 0.25) is 0 Å². The van der Waals surface area contributed by atoms with Gasteiger partial charge in [0, 0.05) is 14.2 Å². The molecule has 0 bridgehead atoms. The Bertz CT molecular complexity index is 582. The van der Waals surface area contributed by atoms with Crippen molar-refractivity contribution in [1.82, 2.24) is 5.32 Å². The number of nitrogens with one attached hydrogen (secondary N) is 1. The Balaban J connectivity index is 4.39. The van der Waals surface area contributed by atoms with Crippen molar-refractivity contribution in [1.29, 1.82) is 0 Å². The molecule has 2 N–H and O–H groups in total. The molecule has 0 unspecified atom stereocenters. The van der Waals surface area contributed by atoms with Crippen molar-refractivity contribution in [3.63, 3.8) is 0 Å². The van der Waals surface area contributed by atoms with E-state index in [1.165, 1.54) is 78.4 Å². The number of aliphatic hydroxyl groups is 1. The third-order valence-corrected chi connectivity index (χ3v) is 7.61. The lowest BCUT2D eigenvalue weighted by atomic mass is 10.0. The van der Waals surface area contributed by atoms with Crippen LogP contribution in [-0.4, -0.2) is 49.3 Å². The van der Waals surface area contributed by atoms with Gasteiger partial charge in [-0.05, 0) is 40.0 Å². The van der Waals surface area contributed by atoms with E-state index in [9.17, 15) is 14.5 Å². The molecule has 0 aromatic carbocycles. The van der Waals surface area contributed by atoms with Gasteiger partial charge in [0.25, 0.3) is 0 Å². The van der Waals surface area contributed by atoms with Gasteiger partial charge >= 0.3 is 13.7 Å². The molecular weight excluding hydrogens is 453 g/mol. The maximum atomic E-state index is 12.4. The molecule has 0 rings (SSSR count). The number of aliphatic hydroxyl groups excluding tert-OH is 1. The molecule has 0 spiro atoms. The Morgan fingerprint density at radius 2 is 1.44 bits per heavy atom. The average molecular weight is 506 g/mol. The summed E-state index contributed by atoms with van der Waals surface area (Å²) in [6.45, 7) is 7.57. The van der Waals surface area contributed by atoms with Gasteiger partial charge in [-0.1, -0.05) is 83.3 Å². The highest BCUT2D eigenvalue weighted by molar-refractivity contribution is 7.53. The maximum Gasteiger partial charge on any atom is 0.407 e. The van der Waals surface area contributed by atoms with Crippen LogP contribution in [0.4, 0.5) is 4.79 Å². The van der Waals surface area contributed by atoms with E-state index in [4.69, 9.17) is 13.8 Å². The molecule has 0 aromatic heterocycles. The Kier molecular flexibility index (Phi) is 18.8. The van der Waals surface area contributed by atoms with E-state index >= 15 is 0 Å². The van der Waals surface area contributed by atoms with Crippen molar-refractivity contribution >= 4 is 13.7 Å². The third kappa shape index (κ3) is 18.4. The van der Waals surface area contributed by atoms with Crippen molar-refractivity contribution in [2.45, 2.75) is 129 Å². The molecule has 8 heteroatoms. The maximum absolute atomic E-state index is 12.4. The molecule has 0 aliphatic rings. The van der Waals surface area contributed by atoms with Gasteiger partial charge in [-0.3, -0.25) is 4.57 Å². The van der Waals surface area contributed by atoms with Gasteiger partial charge in [-0.25, -0.2) is 4.79 Å². The summed E-state index contributed by atoms with van der Waals surface area (Å²) in [7, 11) is -0.599. The van der Waals surface area contributed by atoms with Crippen LogP contribution in [0.3, 0.4) is 0 Å². The minimum Gasteiger partial charge on any atom is -0.444 e. The van der Waals surface area contributed by atoms with E-state index in [1.807, 2.05) is 6.08 Å². The van der Waals surface area contributed by atoms with Crippen LogP contribution >= 0.6 is 7.60 Å². The molecule has 0 heterocycles. The highest BCUT2D eigenvalue weighted by atomic mass is 31.2. The summed E-state index contributed by atoms with van der Waals surface area (Å²) in [6.07, 6.45) is 17.5. The molecular formula is C26H52NO6P. The number of allylic oxidation sites excluding steroid dienone is 1. The predicted molar refractivity (Wildman–Crippen MR) is 140 cm³/mol. The number of amides is 1. The second-order valence-electron chi connectivity index (χ2n) is 9.98. The van der Waals surface area contributed by atoms with Crippen LogP contribution in [-0.2, 0) is 18.3 Å². The van der Waals surface area contributed by atoms with Crippen molar-refractivity contribution in [2.24, 2.45) is 0 Å². The normalized spacial score (nSPS) is 14.3. The second-order valence-corrected chi connectivity index (χ2v) is 12.4. The van der Waals surface area contributed by atoms with Crippen molar-refractivity contribution < 1.29 is 28.3 Å². The molecule has 0 aliphatic heterocycles. The van der Waals surface area contributed by atoms with E-state index in [-0.39, 0.29) is 12.6 Å². The Labute approximate surface area is 208 Å². The summed E-state index contributed by atoms with van der Waals surface area (Å²) in [5.41, 5.74) is -0.654. The molecule has 0 fully saturated rings. The summed E-state index contributed by atoms with van der Waals surface area (Å²) in [5, 5.41) is 13.3. The van der Waals surface area contributed by atoms with Crippen LogP contribution < -0.4 is 5.32 Å².